The molecule has 5 atom stereocenters. The van der Waals surface area contributed by atoms with Crippen molar-refractivity contribution >= 4 is 28.5 Å². The highest BCUT2D eigenvalue weighted by atomic mass is 32.2. The monoisotopic (exact) mass is 406 g/mol. The molecule has 0 amide bonds. The lowest BCUT2D eigenvalue weighted by molar-refractivity contribution is -0.212. The summed E-state index contributed by atoms with van der Waals surface area (Å²) in [5.74, 6) is 0.864. The molecule has 1 saturated heterocycles. The van der Waals surface area contributed by atoms with Crippen LogP contribution < -0.4 is 4.74 Å². The van der Waals surface area contributed by atoms with Crippen LogP contribution in [0.2, 0.25) is 0 Å². The highest BCUT2D eigenvalue weighted by molar-refractivity contribution is 7.99. The standard InChI is InChI=1S/C21H26O6S/c1-4-28-21-20(25-13(3)23)19(17(24)16(11-22)26-21)27-18-12(2)9-10-14-7-5-6-8-15(14)18/h5-10,16-17,19-22,24H,4,11H2,1-3H3/t16-,17-,19+,20-,21+/m1/s1. The summed E-state index contributed by atoms with van der Waals surface area (Å²) in [4.78, 5) is 11.7. The van der Waals surface area contributed by atoms with Crippen LogP contribution in [0, 0.1) is 6.92 Å². The van der Waals surface area contributed by atoms with E-state index in [1.165, 1.54) is 18.7 Å². The van der Waals surface area contributed by atoms with Crippen molar-refractivity contribution in [3.8, 4) is 5.75 Å². The number of carbonyl (C=O) groups is 1. The van der Waals surface area contributed by atoms with Gasteiger partial charge in [0.05, 0.1) is 6.61 Å². The molecule has 0 aliphatic carbocycles. The Kier molecular flexibility index (Phi) is 6.82. The Morgan fingerprint density at radius 3 is 2.64 bits per heavy atom. The van der Waals surface area contributed by atoms with E-state index in [4.69, 9.17) is 14.2 Å². The summed E-state index contributed by atoms with van der Waals surface area (Å²) in [6, 6.07) is 11.8. The number of esters is 1. The Hall–Kier alpha value is -1.80. The van der Waals surface area contributed by atoms with Gasteiger partial charge in [0, 0.05) is 12.3 Å². The third kappa shape index (κ3) is 4.27. The number of carbonyl (C=O) groups excluding carboxylic acids is 1. The molecule has 7 heteroatoms. The maximum absolute atomic E-state index is 11.7. The minimum atomic E-state index is -1.15. The topological polar surface area (TPSA) is 85.2 Å². The average Bonchev–Trinajstić information content (AvgIpc) is 2.68. The molecule has 2 aromatic rings. The molecule has 1 heterocycles. The first-order valence-corrected chi connectivity index (χ1v) is 10.4. The van der Waals surface area contributed by atoms with Crippen molar-refractivity contribution in [1.29, 1.82) is 0 Å². The molecule has 0 unspecified atom stereocenters. The van der Waals surface area contributed by atoms with E-state index in [1.54, 1.807) is 0 Å². The number of hydrogen-bond donors (Lipinski definition) is 2. The Labute approximate surface area is 168 Å². The Morgan fingerprint density at radius 2 is 1.96 bits per heavy atom. The van der Waals surface area contributed by atoms with E-state index in [0.717, 1.165) is 22.1 Å². The summed E-state index contributed by atoms with van der Waals surface area (Å²) in [5.41, 5.74) is 0.356. The van der Waals surface area contributed by atoms with E-state index in [0.29, 0.717) is 5.75 Å². The van der Waals surface area contributed by atoms with Gasteiger partial charge in [-0.15, -0.1) is 11.8 Å². The summed E-state index contributed by atoms with van der Waals surface area (Å²) in [6.07, 6.45) is -3.65. The number of rotatable bonds is 6. The van der Waals surface area contributed by atoms with Crippen LogP contribution in [0.25, 0.3) is 10.8 Å². The summed E-state index contributed by atoms with van der Waals surface area (Å²) in [5, 5.41) is 22.4. The van der Waals surface area contributed by atoms with Crippen LogP contribution in [0.15, 0.2) is 36.4 Å². The molecule has 1 fully saturated rings. The molecule has 1 aliphatic heterocycles. The van der Waals surface area contributed by atoms with E-state index in [9.17, 15) is 15.0 Å². The summed E-state index contributed by atoms with van der Waals surface area (Å²) in [6.45, 7) is 4.85. The minimum absolute atomic E-state index is 0.358. The predicted octanol–water partition coefficient (Wildman–Crippen LogP) is 2.66. The van der Waals surface area contributed by atoms with Crippen LogP contribution in [0.1, 0.15) is 19.4 Å². The van der Waals surface area contributed by atoms with Gasteiger partial charge in [-0.25, -0.2) is 0 Å². The first kappa shape index (κ1) is 20.9. The van der Waals surface area contributed by atoms with Crippen molar-refractivity contribution < 1.29 is 29.2 Å². The lowest BCUT2D eigenvalue weighted by Gasteiger charge is -2.43. The van der Waals surface area contributed by atoms with Crippen molar-refractivity contribution in [2.75, 3.05) is 12.4 Å². The molecule has 0 bridgehead atoms. The van der Waals surface area contributed by atoms with Gasteiger partial charge in [-0.3, -0.25) is 4.79 Å². The fourth-order valence-electron chi connectivity index (χ4n) is 3.44. The van der Waals surface area contributed by atoms with Crippen LogP contribution in [-0.2, 0) is 14.3 Å². The number of benzene rings is 2. The van der Waals surface area contributed by atoms with Gasteiger partial charge in [0.25, 0.3) is 0 Å². The number of thioether (sulfide) groups is 1. The SMILES string of the molecule is CCS[C@@H]1O[C@H](CO)[C@@H](O)[C@H](Oc2c(C)ccc3ccccc23)[C@H]1OC(C)=O. The number of hydrogen-bond acceptors (Lipinski definition) is 7. The summed E-state index contributed by atoms with van der Waals surface area (Å²) in [7, 11) is 0. The zero-order valence-electron chi connectivity index (χ0n) is 16.2. The molecule has 28 heavy (non-hydrogen) atoms. The molecule has 152 valence electrons. The number of aliphatic hydroxyl groups excluding tert-OH is 2. The Balaban J connectivity index is 2.02. The molecule has 0 aromatic heterocycles. The molecule has 1 aliphatic rings. The number of ether oxygens (including phenoxy) is 3. The fraction of sp³-hybridized carbons (Fsp3) is 0.476. The zero-order chi connectivity index (χ0) is 20.3. The van der Waals surface area contributed by atoms with Crippen molar-refractivity contribution in [3.63, 3.8) is 0 Å². The molecule has 2 aromatic carbocycles. The second kappa shape index (κ2) is 9.13. The normalized spacial score (nSPS) is 27.5. The van der Waals surface area contributed by atoms with Crippen molar-refractivity contribution in [1.82, 2.24) is 0 Å². The molecule has 0 saturated carbocycles. The third-order valence-corrected chi connectivity index (χ3v) is 5.80. The number of fused-ring (bicyclic) bond motifs is 1. The predicted molar refractivity (Wildman–Crippen MR) is 109 cm³/mol. The van der Waals surface area contributed by atoms with Gasteiger partial charge >= 0.3 is 5.97 Å². The van der Waals surface area contributed by atoms with Gasteiger partial charge in [0.1, 0.15) is 23.4 Å². The first-order chi connectivity index (χ1) is 13.5. The Morgan fingerprint density at radius 1 is 1.21 bits per heavy atom. The lowest BCUT2D eigenvalue weighted by atomic mass is 9.99. The minimum Gasteiger partial charge on any atom is -0.483 e. The van der Waals surface area contributed by atoms with Crippen molar-refractivity contribution in [3.05, 3.63) is 42.0 Å². The molecule has 3 rings (SSSR count). The second-order valence-corrected chi connectivity index (χ2v) is 8.14. The van der Waals surface area contributed by atoms with E-state index in [-0.39, 0.29) is 6.61 Å². The third-order valence-electron chi connectivity index (χ3n) is 4.76. The average molecular weight is 407 g/mol. The largest absolute Gasteiger partial charge is 0.483 e. The maximum atomic E-state index is 11.7. The van der Waals surface area contributed by atoms with Gasteiger partial charge in [0.2, 0.25) is 0 Å². The van der Waals surface area contributed by atoms with Gasteiger partial charge in [0.15, 0.2) is 12.2 Å². The number of aryl methyl sites for hydroxylation is 1. The molecule has 2 N–H and O–H groups in total. The molecule has 6 nitrogen and oxygen atoms in total. The molecule has 0 spiro atoms. The first-order valence-electron chi connectivity index (χ1n) is 9.34. The lowest BCUT2D eigenvalue weighted by Crippen LogP contribution is -2.61. The van der Waals surface area contributed by atoms with E-state index in [1.807, 2.05) is 50.2 Å². The van der Waals surface area contributed by atoms with Crippen LogP contribution >= 0.6 is 11.8 Å². The van der Waals surface area contributed by atoms with Crippen LogP contribution in [-0.4, -0.2) is 58.4 Å². The van der Waals surface area contributed by atoms with Gasteiger partial charge in [-0.1, -0.05) is 43.3 Å². The van der Waals surface area contributed by atoms with Crippen LogP contribution in [0.3, 0.4) is 0 Å². The summed E-state index contributed by atoms with van der Waals surface area (Å²) < 4.78 is 17.6. The van der Waals surface area contributed by atoms with E-state index < -0.39 is 35.8 Å². The molecular weight excluding hydrogens is 380 g/mol. The van der Waals surface area contributed by atoms with Crippen LogP contribution in [0.5, 0.6) is 5.75 Å². The maximum Gasteiger partial charge on any atom is 0.303 e. The molecule has 0 radical (unpaired) electrons. The van der Waals surface area contributed by atoms with Gasteiger partial charge in [-0.2, -0.15) is 0 Å². The van der Waals surface area contributed by atoms with Crippen molar-refractivity contribution in [2.24, 2.45) is 0 Å². The van der Waals surface area contributed by atoms with Crippen LogP contribution in [0.4, 0.5) is 0 Å². The highest BCUT2D eigenvalue weighted by Gasteiger charge is 2.48. The van der Waals surface area contributed by atoms with E-state index in [2.05, 4.69) is 0 Å². The Bertz CT molecular complexity index is 826. The molecular formula is C21H26O6S. The van der Waals surface area contributed by atoms with Crippen molar-refractivity contribution in [2.45, 2.75) is 50.6 Å². The highest BCUT2D eigenvalue weighted by Crippen LogP contribution is 2.36. The number of aliphatic hydroxyl groups is 2. The fourth-order valence-corrected chi connectivity index (χ4v) is 4.39. The summed E-state index contributed by atoms with van der Waals surface area (Å²) >= 11 is 1.44. The van der Waals surface area contributed by atoms with E-state index >= 15 is 0 Å². The van der Waals surface area contributed by atoms with Gasteiger partial charge < -0.3 is 24.4 Å². The smallest absolute Gasteiger partial charge is 0.303 e. The van der Waals surface area contributed by atoms with Gasteiger partial charge in [-0.05, 0) is 23.6 Å². The second-order valence-electron chi connectivity index (χ2n) is 6.76. The quantitative estimate of drug-likeness (QED) is 0.714. The zero-order valence-corrected chi connectivity index (χ0v) is 17.0.